The Morgan fingerprint density at radius 2 is 1.34 bits per heavy atom. The number of aliphatic hydroxyl groups is 1. The zero-order chi connectivity index (χ0) is 25.6. The lowest BCUT2D eigenvalue weighted by atomic mass is 9.90. The van der Waals surface area contributed by atoms with Gasteiger partial charge in [0.15, 0.2) is 6.61 Å². The zero-order valence-electron chi connectivity index (χ0n) is 21.8. The standard InChI is InChI=1S/C29H35NO3.C2H6/c1-21(17-24-13-6-4-7-14-24)18-27(31)26(19-25-15-8-5-9-16-25)30-28(32)20-33-29-22(2)11-10-12-23(29)3;1-2/h4-16,21,26-27,31H,17-20H2,1-3H3,(H,30,32);1-2H3/t21-,26-,27-;/m0./s1. The van der Waals surface area contributed by atoms with Gasteiger partial charge in [-0.05, 0) is 61.3 Å². The van der Waals surface area contributed by atoms with Crippen molar-refractivity contribution in [1.82, 2.24) is 5.32 Å². The van der Waals surface area contributed by atoms with Gasteiger partial charge in [0, 0.05) is 0 Å². The number of aliphatic hydroxyl groups excluding tert-OH is 1. The lowest BCUT2D eigenvalue weighted by Crippen LogP contribution is -2.47. The number of hydrogen-bond donors (Lipinski definition) is 2. The van der Waals surface area contributed by atoms with Gasteiger partial charge in [-0.3, -0.25) is 4.79 Å². The second-order valence-electron chi connectivity index (χ2n) is 8.97. The molecule has 0 saturated heterocycles. The molecule has 3 atom stereocenters. The van der Waals surface area contributed by atoms with Crippen LogP contribution in [0.2, 0.25) is 0 Å². The van der Waals surface area contributed by atoms with Crippen molar-refractivity contribution >= 4 is 5.91 Å². The summed E-state index contributed by atoms with van der Waals surface area (Å²) in [6, 6.07) is 25.8. The number of carbonyl (C=O) groups is 1. The molecule has 3 aromatic carbocycles. The summed E-state index contributed by atoms with van der Waals surface area (Å²) in [4.78, 5) is 12.8. The Kier molecular flexibility index (Phi) is 12.1. The molecular weight excluding hydrogens is 434 g/mol. The molecule has 35 heavy (non-hydrogen) atoms. The molecule has 0 fully saturated rings. The van der Waals surface area contributed by atoms with Crippen LogP contribution in [-0.4, -0.2) is 29.8 Å². The molecule has 0 radical (unpaired) electrons. The van der Waals surface area contributed by atoms with Crippen molar-refractivity contribution in [3.8, 4) is 5.75 Å². The van der Waals surface area contributed by atoms with Gasteiger partial charge >= 0.3 is 0 Å². The number of rotatable bonds is 11. The molecule has 1 amide bonds. The van der Waals surface area contributed by atoms with Gasteiger partial charge in [-0.25, -0.2) is 0 Å². The first kappa shape index (κ1) is 28.1. The van der Waals surface area contributed by atoms with E-state index in [1.807, 2.05) is 94.4 Å². The number of benzene rings is 3. The molecule has 0 aromatic heterocycles. The van der Waals surface area contributed by atoms with Crippen molar-refractivity contribution in [2.45, 2.75) is 66.0 Å². The molecule has 188 valence electrons. The maximum atomic E-state index is 12.8. The topological polar surface area (TPSA) is 58.6 Å². The van der Waals surface area contributed by atoms with E-state index in [-0.39, 0.29) is 24.5 Å². The van der Waals surface area contributed by atoms with Crippen LogP contribution in [0.3, 0.4) is 0 Å². The van der Waals surface area contributed by atoms with Crippen molar-refractivity contribution in [2.75, 3.05) is 6.61 Å². The van der Waals surface area contributed by atoms with Gasteiger partial charge in [0.1, 0.15) is 5.75 Å². The fourth-order valence-electron chi connectivity index (χ4n) is 4.24. The van der Waals surface area contributed by atoms with E-state index in [0.717, 1.165) is 28.9 Å². The van der Waals surface area contributed by atoms with Crippen LogP contribution in [0.15, 0.2) is 78.9 Å². The molecule has 4 nitrogen and oxygen atoms in total. The van der Waals surface area contributed by atoms with Crippen molar-refractivity contribution in [3.05, 3.63) is 101 Å². The second-order valence-corrected chi connectivity index (χ2v) is 8.97. The molecule has 0 bridgehead atoms. The molecule has 0 aliphatic heterocycles. The van der Waals surface area contributed by atoms with Gasteiger partial charge in [0.2, 0.25) is 0 Å². The summed E-state index contributed by atoms with van der Waals surface area (Å²) in [7, 11) is 0. The second kappa shape index (κ2) is 15.0. The molecule has 0 unspecified atom stereocenters. The molecule has 4 heteroatoms. The minimum absolute atomic E-state index is 0.0801. The van der Waals surface area contributed by atoms with Gasteiger partial charge in [0.25, 0.3) is 5.91 Å². The molecule has 0 heterocycles. The molecule has 0 aliphatic rings. The van der Waals surface area contributed by atoms with E-state index >= 15 is 0 Å². The summed E-state index contributed by atoms with van der Waals surface area (Å²) in [5.74, 6) is 0.793. The largest absolute Gasteiger partial charge is 0.483 e. The summed E-state index contributed by atoms with van der Waals surface area (Å²) in [5, 5.41) is 14.1. The first-order chi connectivity index (χ1) is 16.9. The van der Waals surface area contributed by atoms with Crippen LogP contribution in [0.1, 0.15) is 49.4 Å². The van der Waals surface area contributed by atoms with Crippen LogP contribution in [0.5, 0.6) is 5.75 Å². The van der Waals surface area contributed by atoms with E-state index in [9.17, 15) is 9.90 Å². The fourth-order valence-corrected chi connectivity index (χ4v) is 4.24. The predicted molar refractivity (Wildman–Crippen MR) is 145 cm³/mol. The van der Waals surface area contributed by atoms with Crippen molar-refractivity contribution < 1.29 is 14.6 Å². The first-order valence-corrected chi connectivity index (χ1v) is 12.7. The smallest absolute Gasteiger partial charge is 0.258 e. The maximum absolute atomic E-state index is 12.8. The number of para-hydroxylation sites is 1. The molecule has 0 spiro atoms. The summed E-state index contributed by atoms with van der Waals surface area (Å²) >= 11 is 0. The summed E-state index contributed by atoms with van der Waals surface area (Å²) < 4.78 is 5.83. The molecule has 2 N–H and O–H groups in total. The Morgan fingerprint density at radius 1 is 0.829 bits per heavy atom. The molecule has 0 saturated carbocycles. The van der Waals surface area contributed by atoms with Gasteiger partial charge in [-0.15, -0.1) is 0 Å². The van der Waals surface area contributed by atoms with Crippen molar-refractivity contribution in [1.29, 1.82) is 0 Å². The summed E-state index contributed by atoms with van der Waals surface area (Å²) in [6.07, 6.45) is 1.40. The van der Waals surface area contributed by atoms with Gasteiger partial charge in [-0.2, -0.15) is 0 Å². The quantitative estimate of drug-likeness (QED) is 0.354. The van der Waals surface area contributed by atoms with E-state index in [1.54, 1.807) is 0 Å². The highest BCUT2D eigenvalue weighted by molar-refractivity contribution is 5.78. The number of ether oxygens (including phenoxy) is 1. The Labute approximate surface area is 211 Å². The minimum atomic E-state index is -0.659. The van der Waals surface area contributed by atoms with E-state index in [0.29, 0.717) is 12.8 Å². The van der Waals surface area contributed by atoms with E-state index in [2.05, 4.69) is 24.4 Å². The molecule has 0 aliphatic carbocycles. The predicted octanol–water partition coefficient (Wildman–Crippen LogP) is 6.07. The van der Waals surface area contributed by atoms with Crippen molar-refractivity contribution in [2.24, 2.45) is 5.92 Å². The maximum Gasteiger partial charge on any atom is 0.258 e. The zero-order valence-corrected chi connectivity index (χ0v) is 21.8. The number of hydrogen-bond acceptors (Lipinski definition) is 3. The summed E-state index contributed by atoms with van der Waals surface area (Å²) in [6.45, 7) is 10.00. The van der Waals surface area contributed by atoms with Crippen LogP contribution in [-0.2, 0) is 17.6 Å². The minimum Gasteiger partial charge on any atom is -0.483 e. The summed E-state index contributed by atoms with van der Waals surface area (Å²) in [5.41, 5.74) is 4.33. The average Bonchev–Trinajstić information content (AvgIpc) is 2.85. The number of carbonyl (C=O) groups excluding carboxylic acids is 1. The van der Waals surface area contributed by atoms with Gasteiger partial charge in [0.05, 0.1) is 12.1 Å². The van der Waals surface area contributed by atoms with Crippen LogP contribution in [0, 0.1) is 19.8 Å². The van der Waals surface area contributed by atoms with Crippen LogP contribution >= 0.6 is 0 Å². The normalized spacial score (nSPS) is 13.1. The monoisotopic (exact) mass is 475 g/mol. The highest BCUT2D eigenvalue weighted by Crippen LogP contribution is 2.22. The SMILES string of the molecule is CC.Cc1cccc(C)c1OCC(=O)N[C@@H](Cc1ccccc1)[C@@H](O)C[C@@H](C)Cc1ccccc1. The van der Waals surface area contributed by atoms with E-state index < -0.39 is 6.10 Å². The number of aryl methyl sites for hydroxylation is 2. The Balaban J connectivity index is 0.00000210. The number of amides is 1. The van der Waals surface area contributed by atoms with Crippen molar-refractivity contribution in [3.63, 3.8) is 0 Å². The van der Waals surface area contributed by atoms with E-state index in [4.69, 9.17) is 4.74 Å². The first-order valence-electron chi connectivity index (χ1n) is 12.7. The van der Waals surface area contributed by atoms with Crippen LogP contribution < -0.4 is 10.1 Å². The third-order valence-electron chi connectivity index (χ3n) is 5.94. The van der Waals surface area contributed by atoms with Gasteiger partial charge < -0.3 is 15.2 Å². The Bertz CT molecular complexity index is 984. The fraction of sp³-hybridized carbons (Fsp3) is 0.387. The van der Waals surface area contributed by atoms with Crippen LogP contribution in [0.25, 0.3) is 0 Å². The molecule has 3 aromatic rings. The molecule has 3 rings (SSSR count). The Hall–Kier alpha value is -3.11. The highest BCUT2D eigenvalue weighted by atomic mass is 16.5. The Morgan fingerprint density at radius 3 is 1.89 bits per heavy atom. The number of nitrogens with one attached hydrogen (secondary N) is 1. The molecular formula is C31H41NO3. The van der Waals surface area contributed by atoms with Crippen LogP contribution in [0.4, 0.5) is 0 Å². The highest BCUT2D eigenvalue weighted by Gasteiger charge is 2.24. The lowest BCUT2D eigenvalue weighted by Gasteiger charge is -2.27. The average molecular weight is 476 g/mol. The third kappa shape index (κ3) is 9.58. The van der Waals surface area contributed by atoms with Gasteiger partial charge in [-0.1, -0.05) is 99.6 Å². The third-order valence-corrected chi connectivity index (χ3v) is 5.94. The lowest BCUT2D eigenvalue weighted by molar-refractivity contribution is -0.124. The van der Waals surface area contributed by atoms with E-state index in [1.165, 1.54) is 5.56 Å².